The number of sulfone groups is 1. The lowest BCUT2D eigenvalue weighted by atomic mass is 9.97. The lowest BCUT2D eigenvalue weighted by molar-refractivity contribution is -0.134. The molecule has 0 aliphatic carbocycles. The second-order valence-electron chi connectivity index (χ2n) is 5.97. The summed E-state index contributed by atoms with van der Waals surface area (Å²) in [6, 6.07) is 12.7. The number of hydrogen-bond acceptors (Lipinski definition) is 4. The molecule has 2 aromatic carbocycles. The molecule has 2 aromatic rings. The first-order valence-corrected chi connectivity index (χ1v) is 10.0. The standard InChI is InChI=1S/C18H19ClFNO4S/c1-21(10-11-26(24,25)12-17(22)23)18(13-2-6-15(19)7-3-13)14-4-8-16(20)9-5-14/h2-9,18H,10-12H2,1H3,(H,22,23). The zero-order valence-corrected chi connectivity index (χ0v) is 15.7. The highest BCUT2D eigenvalue weighted by atomic mass is 35.5. The number of halogens is 2. The van der Waals surface area contributed by atoms with E-state index in [1.807, 2.05) is 12.1 Å². The highest BCUT2D eigenvalue weighted by molar-refractivity contribution is 7.92. The van der Waals surface area contributed by atoms with Crippen LogP contribution in [0.25, 0.3) is 0 Å². The molecule has 0 saturated heterocycles. The van der Waals surface area contributed by atoms with E-state index < -0.39 is 21.6 Å². The summed E-state index contributed by atoms with van der Waals surface area (Å²) < 4.78 is 37.0. The van der Waals surface area contributed by atoms with Crippen molar-refractivity contribution in [3.8, 4) is 0 Å². The summed E-state index contributed by atoms with van der Waals surface area (Å²) in [6.07, 6.45) is 0. The smallest absolute Gasteiger partial charge is 0.318 e. The number of carbonyl (C=O) groups is 1. The molecular formula is C18H19ClFNO4S. The maximum absolute atomic E-state index is 13.3. The van der Waals surface area contributed by atoms with Crippen molar-refractivity contribution in [1.82, 2.24) is 4.90 Å². The molecular weight excluding hydrogens is 381 g/mol. The second-order valence-corrected chi connectivity index (χ2v) is 8.59. The summed E-state index contributed by atoms with van der Waals surface area (Å²) in [6.45, 7) is 0.125. The minimum atomic E-state index is -3.71. The maximum atomic E-state index is 13.3. The van der Waals surface area contributed by atoms with Crippen LogP contribution in [-0.2, 0) is 14.6 Å². The van der Waals surface area contributed by atoms with Crippen LogP contribution in [0.2, 0.25) is 5.02 Å². The molecule has 0 amide bonds. The van der Waals surface area contributed by atoms with Crippen LogP contribution >= 0.6 is 11.6 Å². The van der Waals surface area contributed by atoms with Crippen LogP contribution in [-0.4, -0.2) is 49.5 Å². The zero-order valence-electron chi connectivity index (χ0n) is 14.1. The summed E-state index contributed by atoms with van der Waals surface area (Å²) >= 11 is 5.93. The Morgan fingerprint density at radius 3 is 2.12 bits per heavy atom. The predicted molar refractivity (Wildman–Crippen MR) is 98.6 cm³/mol. The third-order valence-corrected chi connectivity index (χ3v) is 5.65. The number of rotatable bonds is 8. The first kappa shape index (κ1) is 20.4. The van der Waals surface area contributed by atoms with Crippen LogP contribution in [0.3, 0.4) is 0 Å². The Morgan fingerprint density at radius 2 is 1.62 bits per heavy atom. The Morgan fingerprint density at radius 1 is 1.12 bits per heavy atom. The van der Waals surface area contributed by atoms with E-state index in [9.17, 15) is 17.6 Å². The van der Waals surface area contributed by atoms with Crippen LogP contribution in [0.5, 0.6) is 0 Å². The van der Waals surface area contributed by atoms with E-state index in [0.717, 1.165) is 11.1 Å². The van der Waals surface area contributed by atoms with E-state index in [4.69, 9.17) is 16.7 Å². The van der Waals surface area contributed by atoms with Gasteiger partial charge in [-0.2, -0.15) is 0 Å². The van der Waals surface area contributed by atoms with Gasteiger partial charge in [0.2, 0.25) is 0 Å². The molecule has 2 rings (SSSR count). The van der Waals surface area contributed by atoms with Crippen molar-refractivity contribution in [3.63, 3.8) is 0 Å². The van der Waals surface area contributed by atoms with Crippen LogP contribution in [0.1, 0.15) is 17.2 Å². The lowest BCUT2D eigenvalue weighted by Crippen LogP contribution is -2.32. The fourth-order valence-corrected chi connectivity index (χ4v) is 3.88. The SMILES string of the molecule is CN(CCS(=O)(=O)CC(=O)O)C(c1ccc(F)cc1)c1ccc(Cl)cc1. The summed E-state index contributed by atoms with van der Waals surface area (Å²) in [4.78, 5) is 12.4. The molecule has 140 valence electrons. The van der Waals surface area contributed by atoms with Gasteiger partial charge in [0.25, 0.3) is 0 Å². The van der Waals surface area contributed by atoms with Crippen LogP contribution in [0.4, 0.5) is 4.39 Å². The highest BCUT2D eigenvalue weighted by Crippen LogP contribution is 2.28. The first-order chi connectivity index (χ1) is 12.2. The van der Waals surface area contributed by atoms with Gasteiger partial charge in [-0.1, -0.05) is 35.9 Å². The van der Waals surface area contributed by atoms with Crippen molar-refractivity contribution < 1.29 is 22.7 Å². The molecule has 0 radical (unpaired) electrons. The second kappa shape index (κ2) is 8.62. The van der Waals surface area contributed by atoms with Gasteiger partial charge in [-0.15, -0.1) is 0 Å². The molecule has 0 fully saturated rings. The number of benzene rings is 2. The third-order valence-electron chi connectivity index (χ3n) is 3.91. The Bertz CT molecular complexity index is 808. The van der Waals surface area contributed by atoms with E-state index >= 15 is 0 Å². The van der Waals surface area contributed by atoms with Gasteiger partial charge in [-0.3, -0.25) is 9.69 Å². The predicted octanol–water partition coefficient (Wildman–Crippen LogP) is 3.00. The van der Waals surface area contributed by atoms with Crippen LogP contribution in [0, 0.1) is 5.82 Å². The van der Waals surface area contributed by atoms with Crippen molar-refractivity contribution in [3.05, 3.63) is 70.5 Å². The Kier molecular flexibility index (Phi) is 6.75. The van der Waals surface area contributed by atoms with Crippen molar-refractivity contribution in [2.75, 3.05) is 25.1 Å². The van der Waals surface area contributed by atoms with Crippen LogP contribution in [0.15, 0.2) is 48.5 Å². The zero-order chi connectivity index (χ0) is 19.3. The molecule has 0 aliphatic rings. The van der Waals surface area contributed by atoms with E-state index in [1.165, 1.54) is 12.1 Å². The van der Waals surface area contributed by atoms with Crippen LogP contribution < -0.4 is 0 Å². The van der Waals surface area contributed by atoms with Gasteiger partial charge < -0.3 is 5.11 Å². The number of carboxylic acid groups (broad SMARTS) is 1. The van der Waals surface area contributed by atoms with Crippen molar-refractivity contribution in [2.24, 2.45) is 0 Å². The summed E-state index contributed by atoms with van der Waals surface area (Å²) in [5.74, 6) is -2.93. The molecule has 5 nitrogen and oxygen atoms in total. The molecule has 8 heteroatoms. The van der Waals surface area contributed by atoms with Crippen molar-refractivity contribution in [1.29, 1.82) is 0 Å². The Balaban J connectivity index is 2.27. The summed E-state index contributed by atoms with van der Waals surface area (Å²) in [7, 11) is -1.97. The van der Waals surface area contributed by atoms with E-state index in [2.05, 4.69) is 0 Å². The van der Waals surface area contributed by atoms with Gasteiger partial charge in [0.05, 0.1) is 11.8 Å². The molecule has 1 unspecified atom stereocenters. The fourth-order valence-electron chi connectivity index (χ4n) is 2.66. The quantitative estimate of drug-likeness (QED) is 0.738. The van der Waals surface area contributed by atoms with Gasteiger partial charge in [0, 0.05) is 11.6 Å². The average Bonchev–Trinajstić information content (AvgIpc) is 2.56. The first-order valence-electron chi connectivity index (χ1n) is 7.81. The normalized spacial score (nSPS) is 12.9. The molecule has 0 saturated carbocycles. The van der Waals surface area contributed by atoms with Gasteiger partial charge in [-0.05, 0) is 42.4 Å². The third kappa shape index (κ3) is 5.79. The van der Waals surface area contributed by atoms with Gasteiger partial charge >= 0.3 is 5.97 Å². The van der Waals surface area contributed by atoms with E-state index in [0.29, 0.717) is 5.02 Å². The van der Waals surface area contributed by atoms with Crippen molar-refractivity contribution >= 4 is 27.4 Å². The molecule has 0 aliphatic heterocycles. The van der Waals surface area contributed by atoms with Gasteiger partial charge in [0.15, 0.2) is 9.84 Å². The molecule has 0 aromatic heterocycles. The topological polar surface area (TPSA) is 74.7 Å². The molecule has 0 spiro atoms. The molecule has 1 atom stereocenters. The number of aliphatic carboxylic acids is 1. The van der Waals surface area contributed by atoms with Crippen molar-refractivity contribution in [2.45, 2.75) is 6.04 Å². The molecule has 0 heterocycles. The van der Waals surface area contributed by atoms with Gasteiger partial charge in [-0.25, -0.2) is 12.8 Å². The maximum Gasteiger partial charge on any atom is 0.318 e. The number of nitrogens with zero attached hydrogens (tertiary/aromatic N) is 1. The molecule has 26 heavy (non-hydrogen) atoms. The fraction of sp³-hybridized carbons (Fsp3) is 0.278. The van der Waals surface area contributed by atoms with Gasteiger partial charge in [0.1, 0.15) is 11.6 Å². The summed E-state index contributed by atoms with van der Waals surface area (Å²) in [5.41, 5.74) is 1.64. The monoisotopic (exact) mass is 399 g/mol. The minimum absolute atomic E-state index is 0.125. The minimum Gasteiger partial charge on any atom is -0.480 e. The Labute approximate surface area is 156 Å². The Hall–Kier alpha value is -1.96. The van der Waals surface area contributed by atoms with E-state index in [-0.39, 0.29) is 24.2 Å². The molecule has 0 bridgehead atoms. The summed E-state index contributed by atoms with van der Waals surface area (Å²) in [5, 5.41) is 9.26. The van der Waals surface area contributed by atoms with E-state index in [1.54, 1.807) is 36.2 Å². The largest absolute Gasteiger partial charge is 0.480 e. The average molecular weight is 400 g/mol. The number of hydrogen-bond donors (Lipinski definition) is 1. The lowest BCUT2D eigenvalue weighted by Gasteiger charge is -2.29. The highest BCUT2D eigenvalue weighted by Gasteiger charge is 2.23. The number of carboxylic acids is 1. The molecule has 1 N–H and O–H groups in total.